The van der Waals surface area contributed by atoms with Crippen molar-refractivity contribution in [1.29, 1.82) is 0 Å². The van der Waals surface area contributed by atoms with Gasteiger partial charge in [0.1, 0.15) is 6.04 Å². The molecule has 1 unspecified atom stereocenters. The van der Waals surface area contributed by atoms with Crippen molar-refractivity contribution >= 4 is 29.2 Å². The van der Waals surface area contributed by atoms with Crippen molar-refractivity contribution in [3.05, 3.63) is 44.3 Å². The van der Waals surface area contributed by atoms with E-state index in [1.807, 2.05) is 0 Å². The quantitative estimate of drug-likeness (QED) is 0.288. The fourth-order valence-electron chi connectivity index (χ4n) is 1.48. The Morgan fingerprint density at radius 3 is 2.89 bits per heavy atom. The molecule has 0 saturated carbocycles. The van der Waals surface area contributed by atoms with Gasteiger partial charge in [-0.2, -0.15) is 0 Å². The Kier molecular flexibility index (Phi) is 6.45. The van der Waals surface area contributed by atoms with Gasteiger partial charge in [0, 0.05) is 28.0 Å². The highest BCUT2D eigenvalue weighted by atomic mass is 35.5. The number of rotatable bonds is 6. The van der Waals surface area contributed by atoms with E-state index in [1.54, 1.807) is 18.2 Å². The Balaban J connectivity index is 2.89. The first-order valence-corrected chi connectivity index (χ1v) is 6.12. The second-order valence-electron chi connectivity index (χ2n) is 3.53. The van der Waals surface area contributed by atoms with Crippen LogP contribution in [0.2, 0.25) is 10.0 Å². The maximum Gasteiger partial charge on any atom is 0.327 e. The van der Waals surface area contributed by atoms with Crippen LogP contribution in [-0.4, -0.2) is 26.2 Å². The highest BCUT2D eigenvalue weighted by molar-refractivity contribution is 6.35. The van der Waals surface area contributed by atoms with Crippen molar-refractivity contribution in [3.63, 3.8) is 0 Å². The minimum atomic E-state index is -0.733. The second-order valence-corrected chi connectivity index (χ2v) is 4.37. The first-order valence-electron chi connectivity index (χ1n) is 5.37. The van der Waals surface area contributed by atoms with Gasteiger partial charge in [0.15, 0.2) is 0 Å². The standard InChI is InChI=1S/C11H12Cl2N4O2/c1-19-11(18)10(15-4-5-16-17-14)8-3-2-7(12)6-9(8)13/h2-3,6,10,15H,4-5H2,1H3. The van der Waals surface area contributed by atoms with E-state index in [-0.39, 0.29) is 6.54 Å². The van der Waals surface area contributed by atoms with Crippen molar-refractivity contribution < 1.29 is 9.53 Å². The normalized spacial score (nSPS) is 11.5. The van der Waals surface area contributed by atoms with Crippen LogP contribution in [0, 0.1) is 0 Å². The number of carbonyl (C=O) groups is 1. The maximum absolute atomic E-state index is 11.7. The number of benzene rings is 1. The lowest BCUT2D eigenvalue weighted by atomic mass is 10.1. The molecule has 102 valence electrons. The number of esters is 1. The van der Waals surface area contributed by atoms with Gasteiger partial charge in [-0.3, -0.25) is 0 Å². The molecule has 1 atom stereocenters. The molecular formula is C11H12Cl2N4O2. The van der Waals surface area contributed by atoms with Crippen molar-refractivity contribution in [3.8, 4) is 0 Å². The summed E-state index contributed by atoms with van der Waals surface area (Å²) in [7, 11) is 1.29. The number of nitrogens with zero attached hydrogens (tertiary/aromatic N) is 3. The monoisotopic (exact) mass is 302 g/mol. The predicted octanol–water partition coefficient (Wildman–Crippen LogP) is 3.11. The van der Waals surface area contributed by atoms with E-state index in [4.69, 9.17) is 33.5 Å². The van der Waals surface area contributed by atoms with Crippen LogP contribution in [0.3, 0.4) is 0 Å². The van der Waals surface area contributed by atoms with Crippen LogP contribution >= 0.6 is 23.2 Å². The van der Waals surface area contributed by atoms with Gasteiger partial charge in [0.05, 0.1) is 7.11 Å². The Labute approximate surface area is 120 Å². The molecule has 0 fully saturated rings. The molecule has 0 amide bonds. The van der Waals surface area contributed by atoms with E-state index < -0.39 is 12.0 Å². The molecule has 0 radical (unpaired) electrons. The van der Waals surface area contributed by atoms with Gasteiger partial charge >= 0.3 is 5.97 Å². The summed E-state index contributed by atoms with van der Waals surface area (Å²) in [6, 6.07) is 4.09. The van der Waals surface area contributed by atoms with Crippen molar-refractivity contribution in [2.45, 2.75) is 6.04 Å². The van der Waals surface area contributed by atoms with Gasteiger partial charge in [0.2, 0.25) is 0 Å². The van der Waals surface area contributed by atoms with Gasteiger partial charge in [-0.1, -0.05) is 34.4 Å². The highest BCUT2D eigenvalue weighted by Crippen LogP contribution is 2.27. The zero-order chi connectivity index (χ0) is 14.3. The zero-order valence-corrected chi connectivity index (χ0v) is 11.6. The fraction of sp³-hybridized carbons (Fsp3) is 0.364. The van der Waals surface area contributed by atoms with E-state index in [0.717, 1.165) is 0 Å². The number of methoxy groups -OCH3 is 1. The molecule has 1 aromatic rings. The number of azide groups is 1. The lowest BCUT2D eigenvalue weighted by Crippen LogP contribution is -2.31. The van der Waals surface area contributed by atoms with Gasteiger partial charge in [-0.05, 0) is 23.2 Å². The summed E-state index contributed by atoms with van der Waals surface area (Å²) in [4.78, 5) is 14.4. The maximum atomic E-state index is 11.7. The number of nitrogens with one attached hydrogen (secondary N) is 1. The smallest absolute Gasteiger partial charge is 0.327 e. The zero-order valence-electron chi connectivity index (χ0n) is 10.1. The molecule has 0 aromatic heterocycles. The van der Waals surface area contributed by atoms with Gasteiger partial charge in [-0.15, -0.1) is 0 Å². The molecule has 0 heterocycles. The summed E-state index contributed by atoms with van der Waals surface area (Å²) in [5.74, 6) is -0.481. The third-order valence-electron chi connectivity index (χ3n) is 2.33. The third kappa shape index (κ3) is 4.61. The van der Waals surface area contributed by atoms with Crippen LogP contribution < -0.4 is 5.32 Å². The summed E-state index contributed by atoms with van der Waals surface area (Å²) in [6.07, 6.45) is 0. The summed E-state index contributed by atoms with van der Waals surface area (Å²) >= 11 is 11.9. The molecule has 0 aliphatic rings. The summed E-state index contributed by atoms with van der Waals surface area (Å²) in [5.41, 5.74) is 8.74. The first-order chi connectivity index (χ1) is 9.10. The largest absolute Gasteiger partial charge is 0.468 e. The summed E-state index contributed by atoms with van der Waals surface area (Å²) in [5, 5.41) is 7.12. The lowest BCUT2D eigenvalue weighted by molar-refractivity contribution is -0.143. The molecule has 6 nitrogen and oxygen atoms in total. The van der Waals surface area contributed by atoms with Crippen molar-refractivity contribution in [2.24, 2.45) is 5.11 Å². The van der Waals surface area contributed by atoms with Crippen LogP contribution in [0.1, 0.15) is 11.6 Å². The molecule has 0 aliphatic carbocycles. The average molecular weight is 303 g/mol. The topological polar surface area (TPSA) is 87.1 Å². The van der Waals surface area contributed by atoms with Crippen molar-refractivity contribution in [2.75, 3.05) is 20.2 Å². The van der Waals surface area contributed by atoms with Crippen LogP contribution in [0.4, 0.5) is 0 Å². The van der Waals surface area contributed by atoms with E-state index in [9.17, 15) is 4.79 Å². The third-order valence-corrected chi connectivity index (χ3v) is 2.90. The number of hydrogen-bond acceptors (Lipinski definition) is 4. The van der Waals surface area contributed by atoms with Crippen LogP contribution in [0.25, 0.3) is 10.4 Å². The molecule has 0 spiro atoms. The van der Waals surface area contributed by atoms with Crippen LogP contribution in [0.5, 0.6) is 0 Å². The molecular weight excluding hydrogens is 291 g/mol. The van der Waals surface area contributed by atoms with Crippen molar-refractivity contribution in [1.82, 2.24) is 5.32 Å². The minimum Gasteiger partial charge on any atom is -0.468 e. The SMILES string of the molecule is COC(=O)C(NCCN=[N+]=[N-])c1ccc(Cl)cc1Cl. The lowest BCUT2D eigenvalue weighted by Gasteiger charge is -2.17. The molecule has 0 aliphatic heterocycles. The molecule has 8 heteroatoms. The highest BCUT2D eigenvalue weighted by Gasteiger charge is 2.23. The average Bonchev–Trinajstić information content (AvgIpc) is 2.39. The predicted molar refractivity (Wildman–Crippen MR) is 73.2 cm³/mol. The number of halogens is 2. The summed E-state index contributed by atoms with van der Waals surface area (Å²) < 4.78 is 4.71. The molecule has 1 aromatic carbocycles. The van der Waals surface area contributed by atoms with E-state index in [0.29, 0.717) is 22.2 Å². The van der Waals surface area contributed by atoms with Gasteiger partial charge in [0.25, 0.3) is 0 Å². The fourth-order valence-corrected chi connectivity index (χ4v) is 1.99. The van der Waals surface area contributed by atoms with E-state index in [2.05, 4.69) is 15.3 Å². The van der Waals surface area contributed by atoms with Crippen LogP contribution in [0.15, 0.2) is 23.3 Å². The molecule has 0 saturated heterocycles. The Hall–Kier alpha value is -1.46. The minimum absolute atomic E-state index is 0.217. The van der Waals surface area contributed by atoms with E-state index >= 15 is 0 Å². The van der Waals surface area contributed by atoms with Gasteiger partial charge in [-0.25, -0.2) is 4.79 Å². The first kappa shape index (κ1) is 15.6. The Morgan fingerprint density at radius 1 is 1.58 bits per heavy atom. The number of ether oxygens (including phenoxy) is 1. The van der Waals surface area contributed by atoms with Gasteiger partial charge < -0.3 is 10.1 Å². The molecule has 0 bridgehead atoms. The summed E-state index contributed by atoms with van der Waals surface area (Å²) in [6.45, 7) is 0.540. The van der Waals surface area contributed by atoms with Crippen LogP contribution in [-0.2, 0) is 9.53 Å². The molecule has 1 rings (SSSR count). The number of carbonyl (C=O) groups excluding carboxylic acids is 1. The molecule has 1 N–H and O–H groups in total. The van der Waals surface area contributed by atoms with E-state index in [1.165, 1.54) is 7.11 Å². The Morgan fingerprint density at radius 2 is 2.32 bits per heavy atom. The second kappa shape index (κ2) is 7.86. The number of hydrogen-bond donors (Lipinski definition) is 1. The Bertz CT molecular complexity index is 503. The molecule has 19 heavy (non-hydrogen) atoms.